The van der Waals surface area contributed by atoms with Crippen LogP contribution in [0.2, 0.25) is 0 Å². The molecule has 54 heavy (non-hydrogen) atoms. The molecule has 4 bridgehead atoms. The molecule has 3 atom stereocenters. The number of carbonyl (C=O) groups is 3. The number of primary amides is 1. The highest BCUT2D eigenvalue weighted by molar-refractivity contribution is 5.90. The molecule has 4 aliphatic rings. The van der Waals surface area contributed by atoms with Crippen LogP contribution in [0.1, 0.15) is 105 Å². The van der Waals surface area contributed by atoms with E-state index in [-0.39, 0.29) is 24.0 Å². The van der Waals surface area contributed by atoms with Crippen LogP contribution < -0.4 is 22.1 Å². The standard InChI is InChI=1S/C39H57N9O6/c1-23-14-28(49)15-24(2)29(23)19-31(44-34(51)32(53-38(41)52)9-7-12-48-13-10-42-37(48)40)33(50)43-30(8-5-6-11-47(3)4)35-45-36(46-54-35)39-20-25-16-26(21-39)18-27(17-25)22-39/h10,13-15,25-27,30-32,49H,5-9,11-12,16-22H2,1-4H3,(H2,40,42)(H2,41,52)(H,43,50)(H,44,51)/t25?,26?,27?,30-,31-,32+,39?/m0/s1. The normalized spacial score (nSPS) is 23.2. The lowest BCUT2D eigenvalue weighted by molar-refractivity contribution is -0.134. The smallest absolute Gasteiger partial charge is 0.405 e. The van der Waals surface area contributed by atoms with E-state index < -0.39 is 36.1 Å². The quantitative estimate of drug-likeness (QED) is 0.116. The minimum atomic E-state index is -1.26. The van der Waals surface area contributed by atoms with Crippen LogP contribution in [0, 0.1) is 31.6 Å². The molecule has 4 aliphatic carbocycles. The molecule has 0 radical (unpaired) electrons. The van der Waals surface area contributed by atoms with Crippen molar-refractivity contribution in [3.05, 3.63) is 52.9 Å². The largest absolute Gasteiger partial charge is 0.508 e. The zero-order chi connectivity index (χ0) is 38.6. The van der Waals surface area contributed by atoms with Gasteiger partial charge in [-0.25, -0.2) is 9.78 Å². The predicted molar refractivity (Wildman–Crippen MR) is 201 cm³/mol. The van der Waals surface area contributed by atoms with Crippen molar-refractivity contribution in [2.24, 2.45) is 23.5 Å². The number of benzene rings is 1. The SMILES string of the molecule is Cc1cc(O)cc(C)c1C[C@H](NC(=O)[C@@H](CCCn1ccnc1N)OC(N)=O)C(=O)N[C@@H](CCCCN(C)C)c1nc(C23CC4CC(CC(C4)C2)C3)no1. The molecule has 7 N–H and O–H groups in total. The summed E-state index contributed by atoms with van der Waals surface area (Å²) in [6.45, 7) is 5.00. The Morgan fingerprint density at radius 1 is 1.02 bits per heavy atom. The molecule has 0 unspecified atom stereocenters. The van der Waals surface area contributed by atoms with E-state index in [9.17, 15) is 19.5 Å². The number of phenols is 1. The Labute approximate surface area is 317 Å². The summed E-state index contributed by atoms with van der Waals surface area (Å²) in [4.78, 5) is 51.4. The molecule has 0 aliphatic heterocycles. The molecule has 0 spiro atoms. The monoisotopic (exact) mass is 747 g/mol. The van der Waals surface area contributed by atoms with Crippen molar-refractivity contribution in [3.8, 4) is 5.75 Å². The lowest BCUT2D eigenvalue weighted by Crippen LogP contribution is -2.52. The van der Waals surface area contributed by atoms with E-state index in [2.05, 4.69) is 25.7 Å². The van der Waals surface area contributed by atoms with Gasteiger partial charge in [0.05, 0.1) is 0 Å². The highest BCUT2D eigenvalue weighted by atomic mass is 16.6. The fourth-order valence-corrected chi connectivity index (χ4v) is 9.61. The lowest BCUT2D eigenvalue weighted by atomic mass is 9.49. The molecular weight excluding hydrogens is 690 g/mol. The third kappa shape index (κ3) is 9.34. The number of aromatic hydroxyl groups is 1. The molecule has 294 valence electrons. The lowest BCUT2D eigenvalue weighted by Gasteiger charge is -2.55. The highest BCUT2D eigenvalue weighted by Gasteiger charge is 2.54. The van der Waals surface area contributed by atoms with Crippen molar-refractivity contribution in [1.82, 2.24) is 35.2 Å². The van der Waals surface area contributed by atoms with E-state index in [1.54, 1.807) is 29.1 Å². The van der Waals surface area contributed by atoms with Crippen molar-refractivity contribution in [3.63, 3.8) is 0 Å². The van der Waals surface area contributed by atoms with Gasteiger partial charge in [0.25, 0.3) is 5.91 Å². The van der Waals surface area contributed by atoms with Crippen LogP contribution in [0.15, 0.2) is 29.0 Å². The van der Waals surface area contributed by atoms with Crippen LogP contribution in [0.5, 0.6) is 5.75 Å². The number of amides is 3. The number of unbranched alkanes of at least 4 members (excludes halogenated alkanes) is 1. The summed E-state index contributed by atoms with van der Waals surface area (Å²) < 4.78 is 13.0. The number of hydrogen-bond donors (Lipinski definition) is 5. The molecule has 3 amide bonds. The van der Waals surface area contributed by atoms with Gasteiger partial charge in [-0.3, -0.25) is 9.59 Å². The molecule has 3 aromatic rings. The van der Waals surface area contributed by atoms with Gasteiger partial charge in [-0.15, -0.1) is 0 Å². The van der Waals surface area contributed by atoms with Gasteiger partial charge in [0.15, 0.2) is 17.9 Å². The van der Waals surface area contributed by atoms with E-state index in [0.29, 0.717) is 49.0 Å². The van der Waals surface area contributed by atoms with Gasteiger partial charge in [0.1, 0.15) is 17.8 Å². The van der Waals surface area contributed by atoms with E-state index in [0.717, 1.165) is 61.2 Å². The van der Waals surface area contributed by atoms with Crippen molar-refractivity contribution in [1.29, 1.82) is 0 Å². The maximum Gasteiger partial charge on any atom is 0.405 e. The van der Waals surface area contributed by atoms with Crippen LogP contribution >= 0.6 is 0 Å². The first kappa shape index (κ1) is 39.0. The number of nitrogen functional groups attached to an aromatic ring is 1. The Kier molecular flexibility index (Phi) is 12.1. The van der Waals surface area contributed by atoms with Gasteiger partial charge in [-0.05, 0) is 152 Å². The summed E-state index contributed by atoms with van der Waals surface area (Å²) in [6, 6.07) is 1.57. The van der Waals surface area contributed by atoms with E-state index in [1.165, 1.54) is 19.3 Å². The summed E-state index contributed by atoms with van der Waals surface area (Å²) in [5.41, 5.74) is 13.5. The van der Waals surface area contributed by atoms with E-state index in [1.807, 2.05) is 27.9 Å². The number of ether oxygens (including phenoxy) is 1. The van der Waals surface area contributed by atoms with Crippen molar-refractivity contribution >= 4 is 23.9 Å². The number of anilines is 1. The Bertz CT molecular complexity index is 1730. The maximum absolute atomic E-state index is 14.4. The van der Waals surface area contributed by atoms with E-state index in [4.69, 9.17) is 25.7 Å². The molecule has 15 heteroatoms. The molecule has 2 aromatic heterocycles. The zero-order valence-electron chi connectivity index (χ0n) is 32.1. The number of phenolic OH excluding ortho intramolecular Hbond substituents is 1. The third-order valence-electron chi connectivity index (χ3n) is 11.8. The molecule has 15 nitrogen and oxygen atoms in total. The van der Waals surface area contributed by atoms with Crippen LogP contribution in [-0.4, -0.2) is 80.4 Å². The number of rotatable bonds is 18. The first-order valence-electron chi connectivity index (χ1n) is 19.4. The first-order valence-corrected chi connectivity index (χ1v) is 19.4. The topological polar surface area (TPSA) is 217 Å². The number of aryl methyl sites for hydroxylation is 3. The molecule has 2 heterocycles. The zero-order valence-corrected chi connectivity index (χ0v) is 32.1. The number of nitrogens with zero attached hydrogens (tertiary/aromatic N) is 5. The van der Waals surface area contributed by atoms with Crippen molar-refractivity contribution in [2.45, 2.75) is 121 Å². The fraction of sp³-hybridized carbons (Fsp3) is 0.641. The van der Waals surface area contributed by atoms with Gasteiger partial charge in [-0.2, -0.15) is 4.98 Å². The fourth-order valence-electron chi connectivity index (χ4n) is 9.61. The molecular formula is C39H57N9O6. The van der Waals surface area contributed by atoms with Gasteiger partial charge >= 0.3 is 6.09 Å². The highest BCUT2D eigenvalue weighted by Crippen LogP contribution is 2.60. The number of nitrogens with two attached hydrogens (primary N) is 2. The second-order valence-electron chi connectivity index (χ2n) is 16.4. The Balaban J connectivity index is 1.23. The summed E-state index contributed by atoms with van der Waals surface area (Å²) in [6.07, 6.45) is 11.0. The average Bonchev–Trinajstić information content (AvgIpc) is 3.75. The second kappa shape index (κ2) is 16.8. The predicted octanol–water partition coefficient (Wildman–Crippen LogP) is 4.20. The Morgan fingerprint density at radius 3 is 2.28 bits per heavy atom. The molecule has 0 saturated heterocycles. The van der Waals surface area contributed by atoms with Crippen LogP contribution in [0.4, 0.5) is 10.7 Å². The number of nitrogens with one attached hydrogen (secondary N) is 2. The summed E-state index contributed by atoms with van der Waals surface area (Å²) in [5, 5.41) is 20.8. The van der Waals surface area contributed by atoms with Crippen LogP contribution in [0.3, 0.4) is 0 Å². The van der Waals surface area contributed by atoms with Crippen molar-refractivity contribution in [2.75, 3.05) is 26.4 Å². The third-order valence-corrected chi connectivity index (χ3v) is 11.8. The molecule has 1 aromatic carbocycles. The number of carbonyl (C=O) groups excluding carboxylic acids is 3. The number of hydrogen-bond acceptors (Lipinski definition) is 11. The minimum Gasteiger partial charge on any atom is -0.508 e. The molecule has 4 fully saturated rings. The Morgan fingerprint density at radius 2 is 1.69 bits per heavy atom. The minimum absolute atomic E-state index is 0.0700. The summed E-state index contributed by atoms with van der Waals surface area (Å²) in [7, 11) is 4.05. The molecule has 4 saturated carbocycles. The first-order chi connectivity index (χ1) is 25.8. The van der Waals surface area contributed by atoms with Crippen molar-refractivity contribution < 1.29 is 28.8 Å². The van der Waals surface area contributed by atoms with Crippen LogP contribution in [-0.2, 0) is 32.7 Å². The van der Waals surface area contributed by atoms with E-state index >= 15 is 0 Å². The summed E-state index contributed by atoms with van der Waals surface area (Å²) >= 11 is 0. The van der Waals surface area contributed by atoms with Gasteiger partial charge < -0.3 is 45.9 Å². The number of imidazole rings is 1. The summed E-state index contributed by atoms with van der Waals surface area (Å²) in [5.74, 6) is 2.58. The van der Waals surface area contributed by atoms with Gasteiger partial charge in [0.2, 0.25) is 11.8 Å². The maximum atomic E-state index is 14.4. The Hall–Kier alpha value is -4.66. The second-order valence-corrected chi connectivity index (χ2v) is 16.4. The number of aromatic nitrogens is 4. The van der Waals surface area contributed by atoms with Gasteiger partial charge in [-0.1, -0.05) is 5.16 Å². The molecule has 7 rings (SSSR count). The van der Waals surface area contributed by atoms with Crippen LogP contribution in [0.25, 0.3) is 0 Å². The van der Waals surface area contributed by atoms with Gasteiger partial charge in [0, 0.05) is 30.8 Å². The average molecular weight is 748 g/mol.